The summed E-state index contributed by atoms with van der Waals surface area (Å²) < 4.78 is 25.3. The number of hydrogen-bond donors (Lipinski definition) is 0. The van der Waals surface area contributed by atoms with Gasteiger partial charge in [0.05, 0.1) is 22.4 Å². The fraction of sp³-hybridized carbons (Fsp3) is 0.529. The molecule has 3 rings (SSSR count). The number of aromatic nitrogens is 2. The van der Waals surface area contributed by atoms with E-state index in [-0.39, 0.29) is 16.4 Å². The standard InChI is InChI=1S/C17H22N2O2S2/c1-17(2)8-6-14(7-9-17)23(20,21)12-13-11-22-16(19-13)15-5-3-4-10-18-15/h3-5,10-11,14H,6-9,12H2,1-2H3. The molecule has 0 bridgehead atoms. The van der Waals surface area contributed by atoms with E-state index in [0.717, 1.165) is 36.4 Å². The number of sulfone groups is 1. The predicted molar refractivity (Wildman–Crippen MR) is 94.0 cm³/mol. The Morgan fingerprint density at radius 1 is 1.26 bits per heavy atom. The van der Waals surface area contributed by atoms with Crippen molar-refractivity contribution in [1.29, 1.82) is 0 Å². The summed E-state index contributed by atoms with van der Waals surface area (Å²) >= 11 is 1.45. The molecule has 0 spiro atoms. The van der Waals surface area contributed by atoms with Crippen LogP contribution >= 0.6 is 11.3 Å². The quantitative estimate of drug-likeness (QED) is 0.833. The lowest BCUT2D eigenvalue weighted by molar-refractivity contribution is 0.246. The number of pyridine rings is 1. The molecule has 1 aliphatic rings. The summed E-state index contributed by atoms with van der Waals surface area (Å²) in [6.45, 7) is 4.44. The molecule has 1 saturated carbocycles. The van der Waals surface area contributed by atoms with Crippen molar-refractivity contribution < 1.29 is 8.42 Å². The third-order valence-electron chi connectivity index (χ3n) is 4.58. The van der Waals surface area contributed by atoms with E-state index >= 15 is 0 Å². The molecular weight excluding hydrogens is 328 g/mol. The fourth-order valence-corrected chi connectivity index (χ4v) is 5.69. The van der Waals surface area contributed by atoms with E-state index in [4.69, 9.17) is 0 Å². The first-order valence-electron chi connectivity index (χ1n) is 7.93. The number of hydrogen-bond acceptors (Lipinski definition) is 5. The Bertz CT molecular complexity index is 757. The van der Waals surface area contributed by atoms with E-state index < -0.39 is 9.84 Å². The lowest BCUT2D eigenvalue weighted by atomic mass is 9.77. The highest BCUT2D eigenvalue weighted by Gasteiger charge is 2.34. The summed E-state index contributed by atoms with van der Waals surface area (Å²) in [6, 6.07) is 5.65. The largest absolute Gasteiger partial charge is 0.254 e. The van der Waals surface area contributed by atoms with Gasteiger partial charge in [-0.05, 0) is 43.2 Å². The van der Waals surface area contributed by atoms with Gasteiger partial charge in [-0.25, -0.2) is 13.4 Å². The smallest absolute Gasteiger partial charge is 0.158 e. The van der Waals surface area contributed by atoms with Crippen molar-refractivity contribution in [2.45, 2.75) is 50.5 Å². The van der Waals surface area contributed by atoms with Crippen molar-refractivity contribution in [1.82, 2.24) is 9.97 Å². The molecule has 0 unspecified atom stereocenters. The average molecular weight is 351 g/mol. The van der Waals surface area contributed by atoms with E-state index in [9.17, 15) is 8.42 Å². The van der Waals surface area contributed by atoms with Gasteiger partial charge in [0.15, 0.2) is 9.84 Å². The molecule has 0 atom stereocenters. The first kappa shape index (κ1) is 16.6. The van der Waals surface area contributed by atoms with E-state index in [1.807, 2.05) is 23.6 Å². The summed E-state index contributed by atoms with van der Waals surface area (Å²) in [4.78, 5) is 8.73. The lowest BCUT2D eigenvalue weighted by Gasteiger charge is -2.33. The van der Waals surface area contributed by atoms with Crippen LogP contribution in [-0.4, -0.2) is 23.6 Å². The molecule has 0 aromatic carbocycles. The van der Waals surface area contributed by atoms with Crippen molar-refractivity contribution in [2.75, 3.05) is 0 Å². The van der Waals surface area contributed by atoms with Crippen molar-refractivity contribution in [3.63, 3.8) is 0 Å². The summed E-state index contributed by atoms with van der Waals surface area (Å²) in [6.07, 6.45) is 5.22. The maximum absolute atomic E-state index is 12.7. The second-order valence-corrected chi connectivity index (χ2v) is 10.2. The van der Waals surface area contributed by atoms with Crippen LogP contribution in [0.4, 0.5) is 0 Å². The Hall–Kier alpha value is -1.27. The van der Waals surface area contributed by atoms with Gasteiger partial charge in [-0.3, -0.25) is 4.98 Å². The molecule has 4 nitrogen and oxygen atoms in total. The second-order valence-electron chi connectivity index (χ2n) is 7.03. The normalized spacial score (nSPS) is 18.9. The van der Waals surface area contributed by atoms with Crippen LogP contribution in [0.25, 0.3) is 10.7 Å². The van der Waals surface area contributed by atoms with Gasteiger partial charge in [0.1, 0.15) is 5.01 Å². The molecule has 1 aliphatic carbocycles. The first-order chi connectivity index (χ1) is 10.9. The van der Waals surface area contributed by atoms with E-state index in [2.05, 4.69) is 23.8 Å². The molecule has 6 heteroatoms. The van der Waals surface area contributed by atoms with Crippen molar-refractivity contribution in [3.05, 3.63) is 35.5 Å². The molecule has 0 N–H and O–H groups in total. The lowest BCUT2D eigenvalue weighted by Crippen LogP contribution is -2.31. The fourth-order valence-electron chi connectivity index (χ4n) is 3.04. The van der Waals surface area contributed by atoms with Gasteiger partial charge in [0.2, 0.25) is 0 Å². The zero-order valence-electron chi connectivity index (χ0n) is 13.5. The third kappa shape index (κ3) is 3.98. The molecule has 0 amide bonds. The van der Waals surface area contributed by atoms with E-state index in [1.165, 1.54) is 11.3 Å². The number of rotatable bonds is 4. The minimum atomic E-state index is -3.13. The molecule has 0 radical (unpaired) electrons. The zero-order chi connectivity index (χ0) is 16.5. The Kier molecular flexibility index (Phi) is 4.56. The highest BCUT2D eigenvalue weighted by molar-refractivity contribution is 7.91. The van der Waals surface area contributed by atoms with E-state index in [0.29, 0.717) is 5.69 Å². The summed E-state index contributed by atoms with van der Waals surface area (Å²) in [5.41, 5.74) is 1.71. The maximum atomic E-state index is 12.7. The van der Waals surface area contributed by atoms with Crippen LogP contribution in [-0.2, 0) is 15.6 Å². The Labute approximate surface area is 141 Å². The van der Waals surface area contributed by atoms with Crippen LogP contribution in [0.3, 0.4) is 0 Å². The molecule has 1 fully saturated rings. The van der Waals surface area contributed by atoms with Crippen LogP contribution in [0.1, 0.15) is 45.2 Å². The molecular formula is C17H22N2O2S2. The molecule has 2 heterocycles. The number of nitrogens with zero attached hydrogens (tertiary/aromatic N) is 2. The SMILES string of the molecule is CC1(C)CCC(S(=O)(=O)Cc2csc(-c3ccccn3)n2)CC1. The number of thiazole rings is 1. The summed E-state index contributed by atoms with van der Waals surface area (Å²) in [5.74, 6) is 0.0431. The van der Waals surface area contributed by atoms with Gasteiger partial charge in [0.25, 0.3) is 0 Å². The van der Waals surface area contributed by atoms with Gasteiger partial charge >= 0.3 is 0 Å². The van der Waals surface area contributed by atoms with Crippen LogP contribution in [0.2, 0.25) is 0 Å². The minimum Gasteiger partial charge on any atom is -0.254 e. The van der Waals surface area contributed by atoms with Crippen molar-refractivity contribution >= 4 is 21.2 Å². The first-order valence-corrected chi connectivity index (χ1v) is 10.5. The third-order valence-corrected chi connectivity index (χ3v) is 7.68. The predicted octanol–water partition coefficient (Wildman–Crippen LogP) is 4.09. The average Bonchev–Trinajstić information content (AvgIpc) is 2.95. The van der Waals surface area contributed by atoms with Gasteiger partial charge in [-0.2, -0.15) is 0 Å². The van der Waals surface area contributed by atoms with Crippen LogP contribution in [0, 0.1) is 5.41 Å². The van der Waals surface area contributed by atoms with E-state index in [1.54, 1.807) is 6.20 Å². The molecule has 0 saturated heterocycles. The van der Waals surface area contributed by atoms with Crippen molar-refractivity contribution in [3.8, 4) is 10.7 Å². The highest BCUT2D eigenvalue weighted by atomic mass is 32.2. The summed E-state index contributed by atoms with van der Waals surface area (Å²) in [7, 11) is -3.13. The molecule has 23 heavy (non-hydrogen) atoms. The summed E-state index contributed by atoms with van der Waals surface area (Å²) in [5, 5.41) is 2.41. The second kappa shape index (κ2) is 6.32. The van der Waals surface area contributed by atoms with Crippen LogP contribution < -0.4 is 0 Å². The molecule has 2 aromatic heterocycles. The maximum Gasteiger partial charge on any atom is 0.158 e. The van der Waals surface area contributed by atoms with Gasteiger partial charge < -0.3 is 0 Å². The monoisotopic (exact) mass is 350 g/mol. The minimum absolute atomic E-state index is 0.0431. The molecule has 124 valence electrons. The van der Waals surface area contributed by atoms with Crippen LogP contribution in [0.15, 0.2) is 29.8 Å². The Morgan fingerprint density at radius 2 is 2.00 bits per heavy atom. The Morgan fingerprint density at radius 3 is 2.65 bits per heavy atom. The van der Waals surface area contributed by atoms with Crippen molar-refractivity contribution in [2.24, 2.45) is 5.41 Å². The van der Waals surface area contributed by atoms with Crippen LogP contribution in [0.5, 0.6) is 0 Å². The topological polar surface area (TPSA) is 59.9 Å². The van der Waals surface area contributed by atoms with Gasteiger partial charge in [0, 0.05) is 11.6 Å². The van der Waals surface area contributed by atoms with Gasteiger partial charge in [-0.15, -0.1) is 11.3 Å². The van der Waals surface area contributed by atoms with Gasteiger partial charge in [-0.1, -0.05) is 19.9 Å². The zero-order valence-corrected chi connectivity index (χ0v) is 15.2. The highest BCUT2D eigenvalue weighted by Crippen LogP contribution is 2.38. The Balaban J connectivity index is 1.71. The molecule has 2 aromatic rings. The molecule has 0 aliphatic heterocycles.